The predicted octanol–water partition coefficient (Wildman–Crippen LogP) is 6.21. The Labute approximate surface area is 234 Å². The van der Waals surface area contributed by atoms with Gasteiger partial charge in [-0.05, 0) is 101 Å². The van der Waals surface area contributed by atoms with Crippen molar-refractivity contribution in [1.29, 1.82) is 0 Å². The average Bonchev–Trinajstić information content (AvgIpc) is 3.21. The number of rotatable bonds is 6. The van der Waals surface area contributed by atoms with E-state index >= 15 is 0 Å². The molecular weight excluding hydrogens is 506 g/mol. The fourth-order valence-corrected chi connectivity index (χ4v) is 7.15. The molecule has 0 radical (unpaired) electrons. The van der Waals surface area contributed by atoms with Crippen LogP contribution in [0.4, 0.5) is 0 Å². The number of hydrogen-bond donors (Lipinski definition) is 2. The first-order valence-electron chi connectivity index (χ1n) is 13.6. The van der Waals surface area contributed by atoms with E-state index < -0.39 is 10.0 Å². The van der Waals surface area contributed by atoms with Crippen LogP contribution in [0.25, 0.3) is 0 Å². The van der Waals surface area contributed by atoms with Crippen molar-refractivity contribution in [2.75, 3.05) is 14.1 Å². The van der Waals surface area contributed by atoms with Gasteiger partial charge in [-0.3, -0.25) is 0 Å². The highest BCUT2D eigenvalue weighted by molar-refractivity contribution is 7.93. The minimum absolute atomic E-state index is 0.0479. The van der Waals surface area contributed by atoms with E-state index in [-0.39, 0.29) is 24.6 Å². The Bertz CT molecular complexity index is 1380. The van der Waals surface area contributed by atoms with Crippen molar-refractivity contribution in [2.24, 2.45) is 0 Å². The molecule has 2 N–H and O–H groups in total. The van der Waals surface area contributed by atoms with Crippen LogP contribution < -0.4 is 10.6 Å². The maximum Gasteiger partial charge on any atom is 0.239 e. The van der Waals surface area contributed by atoms with Crippen LogP contribution in [0.1, 0.15) is 76.9 Å². The molecule has 0 bridgehead atoms. The number of benzene rings is 2. The van der Waals surface area contributed by atoms with Gasteiger partial charge in [-0.15, -0.1) is 0 Å². The Morgan fingerprint density at radius 1 is 0.795 bits per heavy atom. The maximum absolute atomic E-state index is 13.1. The van der Waals surface area contributed by atoms with Gasteiger partial charge in [-0.2, -0.15) is 0 Å². The summed E-state index contributed by atoms with van der Waals surface area (Å²) >= 11 is 0. The van der Waals surface area contributed by atoms with Gasteiger partial charge < -0.3 is 15.4 Å². The molecule has 0 amide bonds. The van der Waals surface area contributed by atoms with Crippen LogP contribution >= 0.6 is 0 Å². The third-order valence-corrected chi connectivity index (χ3v) is 9.48. The van der Waals surface area contributed by atoms with Crippen molar-refractivity contribution < 1.29 is 13.2 Å². The number of nitrogens with zero attached hydrogens (tertiary/aromatic N) is 1. The molecule has 2 unspecified atom stereocenters. The molecule has 4 rings (SSSR count). The van der Waals surface area contributed by atoms with Crippen LogP contribution in [0.2, 0.25) is 0 Å². The van der Waals surface area contributed by atoms with Crippen LogP contribution in [0.15, 0.2) is 58.5 Å². The van der Waals surface area contributed by atoms with E-state index in [1.807, 2.05) is 13.8 Å². The van der Waals surface area contributed by atoms with Gasteiger partial charge in [0.15, 0.2) is 0 Å². The molecule has 1 aliphatic carbocycles. The standard InChI is InChI=1S/C32H43N3O3S/c1-18(2)38-27-12-11-25(39(36,37)35(9)10)17-26(27)32-33-30(28-21(5)13-19(3)14-22(28)6)31(34-32)29-23(7)15-20(4)16-24(29)8/h11-16,18,30-31,33-34H,17H2,1-10H3. The number of ether oxygens (including phenoxy) is 1. The quantitative estimate of drug-likeness (QED) is 0.448. The molecule has 0 aromatic heterocycles. The first-order valence-corrected chi connectivity index (χ1v) is 15.1. The van der Waals surface area contributed by atoms with Crippen molar-refractivity contribution in [3.63, 3.8) is 0 Å². The molecular formula is C32H43N3O3S. The zero-order chi connectivity index (χ0) is 28.8. The van der Waals surface area contributed by atoms with Gasteiger partial charge in [-0.25, -0.2) is 12.7 Å². The lowest BCUT2D eigenvalue weighted by atomic mass is 9.85. The highest BCUT2D eigenvalue weighted by Gasteiger charge is 2.38. The normalized spacial score (nSPS) is 19.7. The van der Waals surface area contributed by atoms with Crippen LogP contribution in [-0.2, 0) is 14.8 Å². The first kappa shape index (κ1) is 29.0. The second-order valence-electron chi connectivity index (χ2n) is 11.5. The van der Waals surface area contributed by atoms with E-state index in [9.17, 15) is 8.42 Å². The molecule has 6 nitrogen and oxygen atoms in total. The summed E-state index contributed by atoms with van der Waals surface area (Å²) in [5, 5.41) is 7.62. The number of nitrogens with one attached hydrogen (secondary N) is 2. The van der Waals surface area contributed by atoms with Crippen molar-refractivity contribution in [3.8, 4) is 0 Å². The molecule has 2 atom stereocenters. The van der Waals surface area contributed by atoms with Gasteiger partial charge in [-0.1, -0.05) is 35.4 Å². The lowest BCUT2D eigenvalue weighted by Gasteiger charge is -2.26. The molecule has 1 fully saturated rings. The van der Waals surface area contributed by atoms with Crippen LogP contribution in [-0.4, -0.2) is 32.9 Å². The number of sulfonamides is 1. The Balaban J connectivity index is 1.92. The van der Waals surface area contributed by atoms with Crippen molar-refractivity contribution in [3.05, 3.63) is 103 Å². The topological polar surface area (TPSA) is 70.7 Å². The molecule has 2 aromatic carbocycles. The van der Waals surface area contributed by atoms with Crippen LogP contribution in [0, 0.1) is 41.5 Å². The lowest BCUT2D eigenvalue weighted by Crippen LogP contribution is -2.26. The maximum atomic E-state index is 13.1. The van der Waals surface area contributed by atoms with Gasteiger partial charge in [0.1, 0.15) is 11.6 Å². The van der Waals surface area contributed by atoms with Gasteiger partial charge in [0.05, 0.1) is 23.1 Å². The van der Waals surface area contributed by atoms with Gasteiger partial charge in [0.25, 0.3) is 0 Å². The van der Waals surface area contributed by atoms with Crippen molar-refractivity contribution >= 4 is 10.0 Å². The second kappa shape index (κ2) is 10.9. The SMILES string of the molecule is Cc1cc(C)c(C2NC(=C3CC(S(=O)(=O)N(C)C)=CC=C3OC(C)C)NC2c2c(C)cc(C)cc2C)c(C)c1. The van der Waals surface area contributed by atoms with E-state index in [0.29, 0.717) is 10.7 Å². The minimum atomic E-state index is -3.58. The summed E-state index contributed by atoms with van der Waals surface area (Å²) in [5.41, 5.74) is 10.8. The third-order valence-electron chi connectivity index (χ3n) is 7.58. The van der Waals surface area contributed by atoms with Crippen molar-refractivity contribution in [2.45, 2.75) is 80.0 Å². The van der Waals surface area contributed by atoms with Gasteiger partial charge in [0, 0.05) is 26.1 Å². The summed E-state index contributed by atoms with van der Waals surface area (Å²) in [7, 11) is -0.445. The Hall–Kier alpha value is -3.03. The summed E-state index contributed by atoms with van der Waals surface area (Å²) < 4.78 is 33.7. The summed E-state index contributed by atoms with van der Waals surface area (Å²) in [5.74, 6) is 1.50. The molecule has 7 heteroatoms. The van der Waals surface area contributed by atoms with Gasteiger partial charge >= 0.3 is 0 Å². The zero-order valence-electron chi connectivity index (χ0n) is 25.0. The fourth-order valence-electron chi connectivity index (χ4n) is 6.11. The van der Waals surface area contributed by atoms with E-state index in [1.54, 1.807) is 26.2 Å². The fraction of sp³-hybridized carbons (Fsp3) is 0.438. The largest absolute Gasteiger partial charge is 0.491 e. The smallest absolute Gasteiger partial charge is 0.239 e. The number of hydrogen-bond acceptors (Lipinski definition) is 5. The first-order chi connectivity index (χ1) is 18.2. The second-order valence-corrected chi connectivity index (χ2v) is 13.7. The monoisotopic (exact) mass is 549 g/mol. The molecule has 0 saturated carbocycles. The Morgan fingerprint density at radius 3 is 1.62 bits per heavy atom. The summed E-state index contributed by atoms with van der Waals surface area (Å²) in [6.07, 6.45) is 3.65. The Kier molecular flexibility index (Phi) is 8.06. The molecule has 1 saturated heterocycles. The summed E-state index contributed by atoms with van der Waals surface area (Å²) in [4.78, 5) is 0.347. The van der Waals surface area contributed by atoms with Crippen molar-refractivity contribution in [1.82, 2.24) is 14.9 Å². The summed E-state index contributed by atoms with van der Waals surface area (Å²) in [6.45, 7) is 16.9. The number of aryl methyl sites for hydroxylation is 6. The molecule has 0 spiro atoms. The number of allylic oxidation sites excluding steroid dienone is 4. The molecule has 2 aliphatic rings. The Morgan fingerprint density at radius 2 is 1.23 bits per heavy atom. The molecule has 1 aliphatic heterocycles. The highest BCUT2D eigenvalue weighted by Crippen LogP contribution is 2.43. The lowest BCUT2D eigenvalue weighted by molar-refractivity contribution is 0.152. The molecule has 1 heterocycles. The van der Waals surface area contributed by atoms with Crippen LogP contribution in [0.3, 0.4) is 0 Å². The molecule has 2 aromatic rings. The van der Waals surface area contributed by atoms with Crippen LogP contribution in [0.5, 0.6) is 0 Å². The van der Waals surface area contributed by atoms with E-state index in [1.165, 1.54) is 48.8 Å². The van der Waals surface area contributed by atoms with E-state index in [2.05, 4.69) is 76.4 Å². The zero-order valence-corrected chi connectivity index (χ0v) is 25.8. The minimum Gasteiger partial charge on any atom is -0.491 e. The average molecular weight is 550 g/mol. The van der Waals surface area contributed by atoms with E-state index in [0.717, 1.165) is 11.4 Å². The highest BCUT2D eigenvalue weighted by atomic mass is 32.2. The third kappa shape index (κ3) is 5.66. The van der Waals surface area contributed by atoms with Gasteiger partial charge in [0.2, 0.25) is 10.0 Å². The van der Waals surface area contributed by atoms with E-state index in [4.69, 9.17) is 4.74 Å². The predicted molar refractivity (Wildman–Crippen MR) is 160 cm³/mol. The molecule has 39 heavy (non-hydrogen) atoms. The molecule has 210 valence electrons. The summed E-state index contributed by atoms with van der Waals surface area (Å²) in [6, 6.07) is 8.85.